The van der Waals surface area contributed by atoms with Gasteiger partial charge in [0, 0.05) is 21.2 Å². The highest BCUT2D eigenvalue weighted by atomic mass is 79.9. The molecule has 0 spiro atoms. The molecule has 0 fully saturated rings. The van der Waals surface area contributed by atoms with Gasteiger partial charge in [0.25, 0.3) is 0 Å². The van der Waals surface area contributed by atoms with Crippen molar-refractivity contribution in [3.63, 3.8) is 0 Å². The Kier molecular flexibility index (Phi) is 5.49. The third kappa shape index (κ3) is 4.25. The average molecular weight is 399 g/mol. The molecule has 20 heavy (non-hydrogen) atoms. The number of halogens is 2. The fourth-order valence-corrected chi connectivity index (χ4v) is 2.41. The topological polar surface area (TPSA) is 21.3 Å². The minimum Gasteiger partial charge on any atom is -0.492 e. The number of hydrogen-bond donors (Lipinski definition) is 1. The Balaban J connectivity index is 1.83. The molecule has 0 bridgehead atoms. The molecule has 0 unspecified atom stereocenters. The summed E-state index contributed by atoms with van der Waals surface area (Å²) < 4.78 is 8.01. The molecule has 4 heteroatoms. The molecule has 0 aliphatic carbocycles. The van der Waals surface area contributed by atoms with Crippen LogP contribution in [0.25, 0.3) is 0 Å². The minimum atomic E-state index is 0.635. The number of nitrogens with one attached hydrogen (secondary N) is 1. The van der Waals surface area contributed by atoms with E-state index >= 15 is 0 Å². The first-order valence-corrected chi connectivity index (χ1v) is 8.04. The van der Waals surface area contributed by atoms with Crippen LogP contribution in [0.3, 0.4) is 0 Å². The van der Waals surface area contributed by atoms with Crippen molar-refractivity contribution in [3.05, 3.63) is 56.5 Å². The molecular weight excluding hydrogens is 382 g/mol. The molecule has 2 aromatic carbocycles. The molecule has 106 valence electrons. The molecule has 1 N–H and O–H groups in total. The molecule has 0 aliphatic heterocycles. The fourth-order valence-electron chi connectivity index (χ4n) is 1.92. The molecule has 0 amide bonds. The first-order chi connectivity index (χ1) is 9.56. The molecule has 0 heterocycles. The molecular formula is C16H17Br2NO. The third-order valence-corrected chi connectivity index (χ3v) is 4.73. The van der Waals surface area contributed by atoms with Crippen LogP contribution in [0.5, 0.6) is 5.75 Å². The molecule has 2 rings (SSSR count). The van der Waals surface area contributed by atoms with E-state index in [0.29, 0.717) is 6.61 Å². The van der Waals surface area contributed by atoms with Crippen LogP contribution in [0, 0.1) is 13.8 Å². The first kappa shape index (κ1) is 15.4. The molecule has 2 nitrogen and oxygen atoms in total. The summed E-state index contributed by atoms with van der Waals surface area (Å²) in [6, 6.07) is 12.2. The van der Waals surface area contributed by atoms with Gasteiger partial charge in [0.05, 0.1) is 0 Å². The highest BCUT2D eigenvalue weighted by Crippen LogP contribution is 2.26. The van der Waals surface area contributed by atoms with Crippen molar-refractivity contribution in [2.24, 2.45) is 0 Å². The van der Waals surface area contributed by atoms with Crippen molar-refractivity contribution in [3.8, 4) is 5.75 Å². The predicted molar refractivity (Wildman–Crippen MR) is 91.7 cm³/mol. The van der Waals surface area contributed by atoms with Crippen LogP contribution in [-0.4, -0.2) is 13.2 Å². The Labute approximate surface area is 136 Å². The number of ether oxygens (including phenoxy) is 1. The fraction of sp³-hybridized carbons (Fsp3) is 0.250. The predicted octanol–water partition coefficient (Wildman–Crippen LogP) is 5.32. The zero-order valence-corrected chi connectivity index (χ0v) is 14.7. The first-order valence-electron chi connectivity index (χ1n) is 6.45. The second-order valence-electron chi connectivity index (χ2n) is 4.65. The van der Waals surface area contributed by atoms with Gasteiger partial charge in [-0.05, 0) is 61.4 Å². The van der Waals surface area contributed by atoms with Gasteiger partial charge in [-0.3, -0.25) is 0 Å². The molecule has 0 aromatic heterocycles. The molecule has 0 radical (unpaired) electrons. The Morgan fingerprint density at radius 3 is 2.20 bits per heavy atom. The van der Waals surface area contributed by atoms with Crippen LogP contribution in [0.2, 0.25) is 0 Å². The number of anilines is 1. The van der Waals surface area contributed by atoms with Gasteiger partial charge in [0.15, 0.2) is 0 Å². The van der Waals surface area contributed by atoms with E-state index in [4.69, 9.17) is 4.74 Å². The van der Waals surface area contributed by atoms with E-state index < -0.39 is 0 Å². The van der Waals surface area contributed by atoms with Crippen LogP contribution < -0.4 is 10.1 Å². The van der Waals surface area contributed by atoms with Crippen molar-refractivity contribution in [2.75, 3.05) is 18.5 Å². The summed E-state index contributed by atoms with van der Waals surface area (Å²) >= 11 is 6.98. The van der Waals surface area contributed by atoms with E-state index in [0.717, 1.165) is 26.9 Å². The second kappa shape index (κ2) is 7.14. The van der Waals surface area contributed by atoms with E-state index in [9.17, 15) is 0 Å². The molecule has 0 aliphatic rings. The van der Waals surface area contributed by atoms with Gasteiger partial charge in [0.1, 0.15) is 12.4 Å². The van der Waals surface area contributed by atoms with Gasteiger partial charge >= 0.3 is 0 Å². The summed E-state index contributed by atoms with van der Waals surface area (Å²) in [6.07, 6.45) is 0. The highest BCUT2D eigenvalue weighted by molar-refractivity contribution is 9.10. The van der Waals surface area contributed by atoms with E-state index in [2.05, 4.69) is 63.2 Å². The lowest BCUT2D eigenvalue weighted by Gasteiger charge is -2.11. The van der Waals surface area contributed by atoms with Crippen LogP contribution in [0.4, 0.5) is 5.69 Å². The molecule has 0 saturated carbocycles. The van der Waals surface area contributed by atoms with Gasteiger partial charge in [-0.25, -0.2) is 0 Å². The molecule has 2 aromatic rings. The second-order valence-corrected chi connectivity index (χ2v) is 6.36. The van der Waals surface area contributed by atoms with Crippen molar-refractivity contribution in [1.29, 1.82) is 0 Å². The Hall–Kier alpha value is -1.00. The number of hydrogen-bond acceptors (Lipinski definition) is 2. The van der Waals surface area contributed by atoms with E-state index in [1.54, 1.807) is 0 Å². The van der Waals surface area contributed by atoms with Crippen LogP contribution in [0.1, 0.15) is 11.1 Å². The van der Waals surface area contributed by atoms with Crippen molar-refractivity contribution < 1.29 is 4.74 Å². The zero-order valence-electron chi connectivity index (χ0n) is 11.5. The van der Waals surface area contributed by atoms with E-state index in [-0.39, 0.29) is 0 Å². The quantitative estimate of drug-likeness (QED) is 0.688. The average Bonchev–Trinajstić information content (AvgIpc) is 2.43. The summed E-state index contributed by atoms with van der Waals surface area (Å²) in [6.45, 7) is 5.56. The number of rotatable bonds is 5. The Morgan fingerprint density at radius 2 is 1.60 bits per heavy atom. The summed E-state index contributed by atoms with van der Waals surface area (Å²) in [7, 11) is 0. The molecule has 0 saturated heterocycles. The molecule has 0 atom stereocenters. The summed E-state index contributed by atoms with van der Waals surface area (Å²) in [5, 5.41) is 3.33. The van der Waals surface area contributed by atoms with Crippen LogP contribution >= 0.6 is 31.9 Å². The van der Waals surface area contributed by atoms with Gasteiger partial charge in [0.2, 0.25) is 0 Å². The number of benzene rings is 2. The Morgan fingerprint density at radius 1 is 1.00 bits per heavy atom. The zero-order chi connectivity index (χ0) is 14.5. The van der Waals surface area contributed by atoms with Gasteiger partial charge in [-0.15, -0.1) is 0 Å². The lowest BCUT2D eigenvalue weighted by molar-refractivity contribution is 0.332. The summed E-state index contributed by atoms with van der Waals surface area (Å²) in [4.78, 5) is 0. The third-order valence-electron chi connectivity index (χ3n) is 2.95. The van der Waals surface area contributed by atoms with Crippen molar-refractivity contribution >= 4 is 37.5 Å². The monoisotopic (exact) mass is 397 g/mol. The Bertz CT molecular complexity index is 559. The van der Waals surface area contributed by atoms with Crippen LogP contribution in [0.15, 0.2) is 45.3 Å². The minimum absolute atomic E-state index is 0.635. The summed E-state index contributed by atoms with van der Waals surface area (Å²) in [5.41, 5.74) is 3.49. The van der Waals surface area contributed by atoms with Gasteiger partial charge in [-0.2, -0.15) is 0 Å². The number of aryl methyl sites for hydroxylation is 2. The van der Waals surface area contributed by atoms with Crippen molar-refractivity contribution in [2.45, 2.75) is 13.8 Å². The van der Waals surface area contributed by atoms with Crippen LogP contribution in [-0.2, 0) is 0 Å². The highest BCUT2D eigenvalue weighted by Gasteiger charge is 2.03. The van der Waals surface area contributed by atoms with Gasteiger partial charge in [-0.1, -0.05) is 31.9 Å². The van der Waals surface area contributed by atoms with E-state index in [1.807, 2.05) is 24.3 Å². The lowest BCUT2D eigenvalue weighted by Crippen LogP contribution is -2.11. The van der Waals surface area contributed by atoms with E-state index in [1.165, 1.54) is 11.1 Å². The maximum atomic E-state index is 5.78. The smallest absolute Gasteiger partial charge is 0.119 e. The lowest BCUT2D eigenvalue weighted by atomic mass is 10.1. The van der Waals surface area contributed by atoms with Gasteiger partial charge < -0.3 is 10.1 Å². The largest absolute Gasteiger partial charge is 0.492 e. The maximum Gasteiger partial charge on any atom is 0.119 e. The van der Waals surface area contributed by atoms with Crippen molar-refractivity contribution in [1.82, 2.24) is 0 Å². The SMILES string of the molecule is Cc1cc(OCCNc2ccc(Br)cc2)cc(C)c1Br. The maximum absolute atomic E-state index is 5.78. The standard InChI is InChI=1S/C16H17Br2NO/c1-11-9-15(10-12(2)16(11)18)20-8-7-19-14-5-3-13(17)4-6-14/h3-6,9-10,19H,7-8H2,1-2H3. The summed E-state index contributed by atoms with van der Waals surface area (Å²) in [5.74, 6) is 0.917. The normalized spacial score (nSPS) is 10.4.